The molecule has 0 atom stereocenters. The Bertz CT molecular complexity index is 1610. The number of imidazole rings is 1. The number of H-pyrrole nitrogens is 1. The first-order valence-corrected chi connectivity index (χ1v) is 11.4. The fourth-order valence-corrected chi connectivity index (χ4v) is 5.27. The number of benzene rings is 4. The number of nitrogens with one attached hydrogen (secondary N) is 1. The van der Waals surface area contributed by atoms with E-state index in [-0.39, 0.29) is 0 Å². The molecule has 3 nitrogen and oxygen atoms in total. The third-order valence-corrected chi connectivity index (χ3v) is 6.52. The first-order valence-electron chi connectivity index (χ1n) is 11.4. The van der Waals surface area contributed by atoms with Crippen LogP contribution in [0.3, 0.4) is 0 Å². The van der Waals surface area contributed by atoms with Crippen molar-refractivity contribution in [1.82, 2.24) is 9.55 Å². The standard InChI is InChI=1S/C30H25N3/c1-20-17-21(2)29(22(3)18-20)32-16-15-31-30(32)23-13-14-28-26(19-23)25-11-7-8-12-27(25)33(28)24-9-5-4-6-10-24/h4-19H,1-3H3/p+1. The molecule has 4 aromatic carbocycles. The monoisotopic (exact) mass is 428 g/mol. The zero-order valence-electron chi connectivity index (χ0n) is 19.1. The van der Waals surface area contributed by atoms with E-state index in [4.69, 9.17) is 0 Å². The van der Waals surface area contributed by atoms with Gasteiger partial charge in [0, 0.05) is 16.5 Å². The van der Waals surface area contributed by atoms with Crippen molar-refractivity contribution < 1.29 is 4.57 Å². The molecule has 0 saturated carbocycles. The molecule has 0 aliphatic carbocycles. The van der Waals surface area contributed by atoms with Crippen molar-refractivity contribution in [3.05, 3.63) is 114 Å². The lowest BCUT2D eigenvalue weighted by atomic mass is 10.0. The minimum Gasteiger partial charge on any atom is -0.309 e. The summed E-state index contributed by atoms with van der Waals surface area (Å²) in [5.74, 6) is 1.09. The second-order valence-electron chi connectivity index (χ2n) is 8.85. The number of aromatic nitrogens is 3. The van der Waals surface area contributed by atoms with E-state index in [0.29, 0.717) is 0 Å². The van der Waals surface area contributed by atoms with Crippen molar-refractivity contribution in [2.45, 2.75) is 20.8 Å². The second-order valence-corrected chi connectivity index (χ2v) is 8.85. The van der Waals surface area contributed by atoms with Crippen LogP contribution in [-0.4, -0.2) is 9.55 Å². The van der Waals surface area contributed by atoms with Crippen LogP contribution in [0, 0.1) is 20.8 Å². The molecule has 160 valence electrons. The van der Waals surface area contributed by atoms with Crippen LogP contribution in [-0.2, 0) is 0 Å². The summed E-state index contributed by atoms with van der Waals surface area (Å²) in [6.07, 6.45) is 4.14. The molecule has 0 aliphatic heterocycles. The first kappa shape index (κ1) is 19.6. The maximum Gasteiger partial charge on any atom is 0.291 e. The van der Waals surface area contributed by atoms with Crippen LogP contribution in [0.2, 0.25) is 0 Å². The molecular weight excluding hydrogens is 402 g/mol. The number of nitrogens with zero attached hydrogens (tertiary/aromatic N) is 2. The molecule has 3 heteroatoms. The van der Waals surface area contributed by atoms with Crippen molar-refractivity contribution >= 4 is 21.8 Å². The molecule has 0 fully saturated rings. The maximum absolute atomic E-state index is 3.50. The number of hydrogen-bond acceptors (Lipinski definition) is 0. The number of aromatic amines is 1. The topological polar surface area (TPSA) is 24.6 Å². The highest BCUT2D eigenvalue weighted by atomic mass is 15.1. The van der Waals surface area contributed by atoms with Gasteiger partial charge in [-0.1, -0.05) is 54.1 Å². The summed E-state index contributed by atoms with van der Waals surface area (Å²) in [6.45, 7) is 6.54. The van der Waals surface area contributed by atoms with Crippen molar-refractivity contribution in [3.63, 3.8) is 0 Å². The van der Waals surface area contributed by atoms with Crippen molar-refractivity contribution in [2.24, 2.45) is 0 Å². The number of aryl methyl sites for hydroxylation is 3. The van der Waals surface area contributed by atoms with Gasteiger partial charge in [-0.2, -0.15) is 4.57 Å². The summed E-state index contributed by atoms with van der Waals surface area (Å²) in [6, 6.07) is 30.5. The summed E-state index contributed by atoms with van der Waals surface area (Å²) in [7, 11) is 0. The zero-order valence-corrected chi connectivity index (χ0v) is 19.1. The molecule has 6 rings (SSSR count). The fourth-order valence-electron chi connectivity index (χ4n) is 5.27. The SMILES string of the molecule is Cc1cc(C)c(-[n+]2cc[nH]c2-c2ccc3c(c2)c2ccccc2n3-c2ccccc2)c(C)c1. The molecule has 33 heavy (non-hydrogen) atoms. The molecule has 0 spiro atoms. The Morgan fingerprint density at radius 2 is 1.39 bits per heavy atom. The Labute approximate surface area is 193 Å². The first-order chi connectivity index (χ1) is 16.1. The van der Waals surface area contributed by atoms with E-state index in [1.54, 1.807) is 0 Å². The highest BCUT2D eigenvalue weighted by Gasteiger charge is 2.21. The Kier molecular flexibility index (Phi) is 4.44. The van der Waals surface area contributed by atoms with E-state index in [0.717, 1.165) is 5.82 Å². The Balaban J connectivity index is 1.60. The van der Waals surface area contributed by atoms with Crippen molar-refractivity contribution in [3.8, 4) is 22.8 Å². The van der Waals surface area contributed by atoms with Gasteiger partial charge in [0.15, 0.2) is 0 Å². The zero-order chi connectivity index (χ0) is 22.5. The van der Waals surface area contributed by atoms with Gasteiger partial charge in [0.05, 0.1) is 16.6 Å². The van der Waals surface area contributed by atoms with Crippen LogP contribution < -0.4 is 4.57 Å². The molecule has 0 bridgehead atoms. The van der Waals surface area contributed by atoms with E-state index in [9.17, 15) is 0 Å². The Hall–Kier alpha value is -4.11. The smallest absolute Gasteiger partial charge is 0.291 e. The lowest BCUT2D eigenvalue weighted by Crippen LogP contribution is -2.33. The van der Waals surface area contributed by atoms with Gasteiger partial charge < -0.3 is 4.57 Å². The van der Waals surface area contributed by atoms with Gasteiger partial charge in [0.2, 0.25) is 0 Å². The van der Waals surface area contributed by atoms with Gasteiger partial charge in [0.1, 0.15) is 18.1 Å². The lowest BCUT2D eigenvalue weighted by molar-refractivity contribution is -0.583. The average molecular weight is 429 g/mol. The van der Waals surface area contributed by atoms with E-state index >= 15 is 0 Å². The summed E-state index contributed by atoms with van der Waals surface area (Å²) in [5.41, 5.74) is 9.87. The van der Waals surface area contributed by atoms with Gasteiger partial charge in [-0.25, -0.2) is 4.98 Å². The van der Waals surface area contributed by atoms with Crippen LogP contribution in [0.5, 0.6) is 0 Å². The molecule has 0 aliphatic rings. The highest BCUT2D eigenvalue weighted by Crippen LogP contribution is 2.34. The minimum atomic E-state index is 1.09. The lowest BCUT2D eigenvalue weighted by Gasteiger charge is -2.10. The predicted octanol–water partition coefficient (Wildman–Crippen LogP) is 6.98. The molecule has 6 aromatic rings. The van der Waals surface area contributed by atoms with E-state index in [1.165, 1.54) is 55.4 Å². The Morgan fingerprint density at radius 3 is 2.18 bits per heavy atom. The van der Waals surface area contributed by atoms with Crippen molar-refractivity contribution in [1.29, 1.82) is 0 Å². The summed E-state index contributed by atoms with van der Waals surface area (Å²) in [5, 5.41) is 2.52. The summed E-state index contributed by atoms with van der Waals surface area (Å²) in [4.78, 5) is 3.50. The quantitative estimate of drug-likeness (QED) is 0.294. The number of para-hydroxylation sites is 2. The van der Waals surface area contributed by atoms with Crippen LogP contribution in [0.15, 0.2) is 97.3 Å². The maximum atomic E-state index is 3.50. The van der Waals surface area contributed by atoms with Gasteiger partial charge in [0.25, 0.3) is 5.82 Å². The highest BCUT2D eigenvalue weighted by molar-refractivity contribution is 6.10. The van der Waals surface area contributed by atoms with E-state index < -0.39 is 0 Å². The van der Waals surface area contributed by atoms with Crippen LogP contribution in [0.1, 0.15) is 16.7 Å². The molecule has 2 aromatic heterocycles. The average Bonchev–Trinajstić information content (AvgIpc) is 3.41. The molecule has 0 saturated heterocycles. The largest absolute Gasteiger partial charge is 0.309 e. The molecule has 1 N–H and O–H groups in total. The number of hydrogen-bond donors (Lipinski definition) is 1. The van der Waals surface area contributed by atoms with Gasteiger partial charge in [-0.15, -0.1) is 0 Å². The van der Waals surface area contributed by atoms with E-state index in [1.807, 2.05) is 6.20 Å². The molecule has 0 radical (unpaired) electrons. The normalized spacial score (nSPS) is 11.5. The number of fused-ring (bicyclic) bond motifs is 3. The van der Waals surface area contributed by atoms with Gasteiger partial charge in [-0.05, 0) is 68.3 Å². The van der Waals surface area contributed by atoms with Gasteiger partial charge in [-0.3, -0.25) is 0 Å². The van der Waals surface area contributed by atoms with Gasteiger partial charge >= 0.3 is 0 Å². The predicted molar refractivity (Wildman–Crippen MR) is 136 cm³/mol. The molecule has 2 heterocycles. The van der Waals surface area contributed by atoms with Crippen LogP contribution in [0.4, 0.5) is 0 Å². The molecule has 0 amide bonds. The molecule has 0 unspecified atom stereocenters. The van der Waals surface area contributed by atoms with Crippen LogP contribution >= 0.6 is 0 Å². The van der Waals surface area contributed by atoms with E-state index in [2.05, 4.69) is 126 Å². The Morgan fingerprint density at radius 1 is 0.697 bits per heavy atom. The van der Waals surface area contributed by atoms with Crippen LogP contribution in [0.25, 0.3) is 44.6 Å². The third-order valence-electron chi connectivity index (χ3n) is 6.52. The minimum absolute atomic E-state index is 1.09. The number of rotatable bonds is 3. The summed E-state index contributed by atoms with van der Waals surface area (Å²) >= 11 is 0. The second kappa shape index (κ2) is 7.49. The fraction of sp³-hybridized carbons (Fsp3) is 0.100. The molecular formula is C30H26N3+. The third kappa shape index (κ3) is 3.08. The van der Waals surface area contributed by atoms with Crippen molar-refractivity contribution in [2.75, 3.05) is 0 Å². The summed E-state index contributed by atoms with van der Waals surface area (Å²) < 4.78 is 4.63.